The van der Waals surface area contributed by atoms with Gasteiger partial charge in [-0.1, -0.05) is 24.1 Å². The number of Topliss-reactive ketones (excluding diaryl/α,β-unsaturated/α-hetero) is 1. The smallest absolute Gasteiger partial charge is 0.208 e. The zero-order chi connectivity index (χ0) is 12.8. The van der Waals surface area contributed by atoms with Crippen LogP contribution in [0.25, 0.3) is 0 Å². The van der Waals surface area contributed by atoms with Gasteiger partial charge in [-0.2, -0.15) is 0 Å². The minimum absolute atomic E-state index is 0.0812. The molecule has 17 heavy (non-hydrogen) atoms. The van der Waals surface area contributed by atoms with Crippen molar-refractivity contribution >= 4 is 5.78 Å². The maximum absolute atomic E-state index is 10.9. The van der Waals surface area contributed by atoms with E-state index in [1.165, 1.54) is 0 Å². The Bertz CT molecular complexity index is 369. The zero-order valence-corrected chi connectivity index (χ0v) is 10.0. The van der Waals surface area contributed by atoms with Crippen LogP contribution in [0.15, 0.2) is 24.8 Å². The van der Waals surface area contributed by atoms with Crippen molar-refractivity contribution in [2.75, 3.05) is 6.61 Å². The lowest BCUT2D eigenvalue weighted by Crippen LogP contribution is -1.95. The highest BCUT2D eigenvalue weighted by Gasteiger charge is 1.91. The van der Waals surface area contributed by atoms with Crippen LogP contribution in [-0.2, 0) is 4.79 Å². The summed E-state index contributed by atoms with van der Waals surface area (Å²) < 4.78 is 0. The first-order chi connectivity index (χ1) is 8.31. The molecule has 0 radical (unpaired) electrons. The number of carbonyl (C=O) groups is 1. The summed E-state index contributed by atoms with van der Waals surface area (Å²) in [6.45, 7) is 3.49. The summed E-state index contributed by atoms with van der Waals surface area (Å²) in [6, 6.07) is 0. The van der Waals surface area contributed by atoms with E-state index in [9.17, 15) is 4.79 Å². The first-order valence-corrected chi connectivity index (χ1v) is 5.69. The van der Waals surface area contributed by atoms with Gasteiger partial charge in [0.05, 0.1) is 6.61 Å². The fraction of sp³-hybridized carbons (Fsp3) is 0.400. The van der Waals surface area contributed by atoms with E-state index >= 15 is 0 Å². The number of hydrogen-bond acceptors (Lipinski definition) is 2. The van der Waals surface area contributed by atoms with Crippen molar-refractivity contribution in [3.63, 3.8) is 0 Å². The Labute approximate surface area is 103 Å². The van der Waals surface area contributed by atoms with Crippen molar-refractivity contribution in [2.24, 2.45) is 0 Å². The lowest BCUT2D eigenvalue weighted by Gasteiger charge is -1.87. The van der Waals surface area contributed by atoms with E-state index in [0.717, 1.165) is 19.3 Å². The predicted molar refractivity (Wildman–Crippen MR) is 70.1 cm³/mol. The quantitative estimate of drug-likeness (QED) is 0.315. The molecule has 0 heterocycles. The van der Waals surface area contributed by atoms with E-state index < -0.39 is 0 Å². The fourth-order valence-corrected chi connectivity index (χ4v) is 1.00. The summed E-state index contributed by atoms with van der Waals surface area (Å²) in [5, 5.41) is 8.46. The van der Waals surface area contributed by atoms with Gasteiger partial charge in [0.1, 0.15) is 0 Å². The third-order valence-corrected chi connectivity index (χ3v) is 1.86. The van der Waals surface area contributed by atoms with Crippen molar-refractivity contribution in [1.82, 2.24) is 0 Å². The van der Waals surface area contributed by atoms with Gasteiger partial charge >= 0.3 is 0 Å². The van der Waals surface area contributed by atoms with Crippen molar-refractivity contribution in [2.45, 2.75) is 32.1 Å². The minimum atomic E-state index is -0.276. The van der Waals surface area contributed by atoms with Crippen molar-refractivity contribution < 1.29 is 9.90 Å². The van der Waals surface area contributed by atoms with Crippen LogP contribution in [0, 0.1) is 23.7 Å². The molecule has 0 rings (SSSR count). The molecule has 0 unspecified atom stereocenters. The molecule has 0 aromatic heterocycles. The minimum Gasteiger partial charge on any atom is -0.396 e. The molecule has 0 aromatic carbocycles. The number of ketones is 1. The number of carbonyl (C=O) groups excluding carboxylic acids is 1. The topological polar surface area (TPSA) is 37.3 Å². The monoisotopic (exact) mass is 230 g/mol. The Morgan fingerprint density at radius 3 is 2.76 bits per heavy atom. The highest BCUT2D eigenvalue weighted by atomic mass is 16.3. The van der Waals surface area contributed by atoms with Crippen LogP contribution in [0.3, 0.4) is 0 Å². The molecule has 0 aliphatic carbocycles. The van der Waals surface area contributed by atoms with Crippen LogP contribution in [0.5, 0.6) is 0 Å². The number of rotatable bonds is 7. The summed E-state index contributed by atoms with van der Waals surface area (Å²) in [6.07, 6.45) is 9.91. The molecular weight excluding hydrogens is 212 g/mol. The largest absolute Gasteiger partial charge is 0.396 e. The molecule has 0 saturated carbocycles. The standard InChI is InChI=1S/C15H18O2/c1-2-3-4-5-6-7-8-9-10-11-12-15(17)13-14-16/h2,6-7,16H,1,3-5,8,13-14H2. The molecular formula is C15H18O2. The average molecular weight is 230 g/mol. The second kappa shape index (κ2) is 12.3. The van der Waals surface area contributed by atoms with E-state index in [2.05, 4.69) is 36.3 Å². The Hall–Kier alpha value is -1.77. The molecule has 0 aliphatic rings. The Morgan fingerprint density at radius 1 is 1.24 bits per heavy atom. The van der Waals surface area contributed by atoms with E-state index in [0.29, 0.717) is 6.42 Å². The lowest BCUT2D eigenvalue weighted by molar-refractivity contribution is -0.114. The Kier molecular flexibility index (Phi) is 11.0. The predicted octanol–water partition coefficient (Wildman–Crippen LogP) is 2.25. The van der Waals surface area contributed by atoms with Crippen LogP contribution >= 0.6 is 0 Å². The van der Waals surface area contributed by atoms with Gasteiger partial charge in [0, 0.05) is 12.8 Å². The number of aliphatic hydroxyl groups is 1. The maximum atomic E-state index is 10.9. The summed E-state index contributed by atoms with van der Waals surface area (Å²) >= 11 is 0. The van der Waals surface area contributed by atoms with E-state index in [-0.39, 0.29) is 18.8 Å². The Balaban J connectivity index is 3.67. The number of aliphatic hydroxyl groups excluding tert-OH is 1. The van der Waals surface area contributed by atoms with Crippen LogP contribution in [0.1, 0.15) is 32.1 Å². The van der Waals surface area contributed by atoms with Crippen molar-refractivity contribution in [1.29, 1.82) is 0 Å². The third kappa shape index (κ3) is 12.2. The molecule has 90 valence electrons. The summed E-state index contributed by atoms with van der Waals surface area (Å²) in [5.41, 5.74) is 0. The van der Waals surface area contributed by atoms with Crippen LogP contribution in [0.2, 0.25) is 0 Å². The fourth-order valence-electron chi connectivity index (χ4n) is 1.00. The molecule has 2 heteroatoms. The molecule has 0 amide bonds. The van der Waals surface area contributed by atoms with E-state index in [1.807, 2.05) is 12.2 Å². The Morgan fingerprint density at radius 2 is 2.06 bits per heavy atom. The molecule has 0 aliphatic heterocycles. The molecule has 2 nitrogen and oxygen atoms in total. The molecule has 0 aromatic rings. The van der Waals surface area contributed by atoms with E-state index in [1.54, 1.807) is 0 Å². The SMILES string of the molecule is C=CCCCC=CCC#CC#CC(=O)CCO. The molecule has 0 saturated heterocycles. The summed E-state index contributed by atoms with van der Waals surface area (Å²) in [5.74, 6) is 9.96. The van der Waals surface area contributed by atoms with Crippen molar-refractivity contribution in [3.8, 4) is 23.7 Å². The molecule has 0 bridgehead atoms. The highest BCUT2D eigenvalue weighted by molar-refractivity contribution is 5.95. The lowest BCUT2D eigenvalue weighted by atomic mass is 10.2. The molecule has 1 N–H and O–H groups in total. The molecule has 0 fully saturated rings. The van der Waals surface area contributed by atoms with Gasteiger partial charge in [0.25, 0.3) is 0 Å². The molecule has 0 spiro atoms. The number of hydrogen-bond donors (Lipinski definition) is 1. The van der Waals surface area contributed by atoms with E-state index in [4.69, 9.17) is 5.11 Å². The normalized spacial score (nSPS) is 9.00. The van der Waals surface area contributed by atoms with Gasteiger partial charge in [0.15, 0.2) is 0 Å². The molecule has 0 atom stereocenters. The number of allylic oxidation sites excluding steroid dienone is 3. The van der Waals surface area contributed by atoms with Gasteiger partial charge < -0.3 is 5.11 Å². The summed E-state index contributed by atoms with van der Waals surface area (Å²) in [7, 11) is 0. The van der Waals surface area contributed by atoms with Crippen LogP contribution < -0.4 is 0 Å². The average Bonchev–Trinajstić information content (AvgIpc) is 2.32. The summed E-state index contributed by atoms with van der Waals surface area (Å²) in [4.78, 5) is 10.9. The highest BCUT2D eigenvalue weighted by Crippen LogP contribution is 1.97. The van der Waals surface area contributed by atoms with Gasteiger partial charge in [-0.15, -0.1) is 6.58 Å². The van der Waals surface area contributed by atoms with Gasteiger partial charge in [-0.25, -0.2) is 0 Å². The second-order valence-electron chi connectivity index (χ2n) is 3.34. The van der Waals surface area contributed by atoms with Crippen LogP contribution in [-0.4, -0.2) is 17.5 Å². The van der Waals surface area contributed by atoms with Gasteiger partial charge in [-0.05, 0) is 37.0 Å². The van der Waals surface area contributed by atoms with Crippen molar-refractivity contribution in [3.05, 3.63) is 24.8 Å². The van der Waals surface area contributed by atoms with Gasteiger partial charge in [-0.3, -0.25) is 4.79 Å². The maximum Gasteiger partial charge on any atom is 0.208 e. The zero-order valence-electron chi connectivity index (χ0n) is 10.0. The van der Waals surface area contributed by atoms with Gasteiger partial charge in [0.2, 0.25) is 5.78 Å². The third-order valence-electron chi connectivity index (χ3n) is 1.86. The first-order valence-electron chi connectivity index (χ1n) is 5.69. The number of unbranched alkanes of at least 4 members (excludes halogenated alkanes) is 2. The first kappa shape index (κ1) is 15.2. The second-order valence-corrected chi connectivity index (χ2v) is 3.34. The van der Waals surface area contributed by atoms with Crippen LogP contribution in [0.4, 0.5) is 0 Å².